The molecule has 1 atom stereocenters. The third-order valence-electron chi connectivity index (χ3n) is 2.89. The maximum atomic E-state index is 13.8. The van der Waals surface area contributed by atoms with Crippen LogP contribution in [0.2, 0.25) is 0 Å². The molecule has 0 bridgehead atoms. The number of rotatable bonds is 4. The highest BCUT2D eigenvalue weighted by molar-refractivity contribution is 7.10. The summed E-state index contributed by atoms with van der Waals surface area (Å²) in [7, 11) is 0. The van der Waals surface area contributed by atoms with E-state index in [2.05, 4.69) is 5.32 Å². The van der Waals surface area contributed by atoms with Crippen molar-refractivity contribution >= 4 is 22.7 Å². The Hall–Kier alpha value is -2.02. The van der Waals surface area contributed by atoms with Gasteiger partial charge in [0, 0.05) is 10.9 Å². The minimum absolute atomic E-state index is 0.295. The normalized spacial score (nSPS) is 12.2. The highest BCUT2D eigenvalue weighted by atomic mass is 32.1. The van der Waals surface area contributed by atoms with Gasteiger partial charge in [-0.25, -0.2) is 8.78 Å². The van der Waals surface area contributed by atoms with Crippen LogP contribution >= 0.6 is 11.3 Å². The molecule has 2 rings (SSSR count). The number of nitro benzene ring substituents is 1. The van der Waals surface area contributed by atoms with Crippen LogP contribution in [-0.4, -0.2) is 4.92 Å². The van der Waals surface area contributed by atoms with E-state index >= 15 is 0 Å². The zero-order valence-corrected chi connectivity index (χ0v) is 11.6. The Morgan fingerprint density at radius 3 is 2.65 bits per heavy atom. The van der Waals surface area contributed by atoms with Gasteiger partial charge < -0.3 is 5.32 Å². The lowest BCUT2D eigenvalue weighted by molar-refractivity contribution is -0.384. The lowest BCUT2D eigenvalue weighted by Gasteiger charge is -2.15. The molecule has 1 N–H and O–H groups in total. The second-order valence-corrected chi connectivity index (χ2v) is 5.32. The average molecular weight is 298 g/mol. The highest BCUT2D eigenvalue weighted by Crippen LogP contribution is 2.33. The number of halogens is 2. The van der Waals surface area contributed by atoms with Crippen LogP contribution in [0.1, 0.15) is 23.4 Å². The van der Waals surface area contributed by atoms with Gasteiger partial charge in [0.1, 0.15) is 11.5 Å². The molecule has 0 amide bonds. The SMILES string of the molecule is Cc1ccsc1C(C)Nc1c(F)cc(F)cc1[N+](=O)[O-]. The van der Waals surface area contributed by atoms with E-state index in [0.29, 0.717) is 12.1 Å². The van der Waals surface area contributed by atoms with Crippen LogP contribution in [0.25, 0.3) is 0 Å². The molecule has 0 saturated carbocycles. The van der Waals surface area contributed by atoms with E-state index in [1.165, 1.54) is 11.3 Å². The van der Waals surface area contributed by atoms with Gasteiger partial charge in [0.05, 0.1) is 17.0 Å². The molecule has 0 aliphatic carbocycles. The first-order chi connectivity index (χ1) is 9.40. The summed E-state index contributed by atoms with van der Waals surface area (Å²) >= 11 is 1.47. The Kier molecular flexibility index (Phi) is 3.99. The summed E-state index contributed by atoms with van der Waals surface area (Å²) in [4.78, 5) is 11.0. The van der Waals surface area contributed by atoms with Crippen LogP contribution in [0.3, 0.4) is 0 Å². The van der Waals surface area contributed by atoms with Gasteiger partial charge in [0.2, 0.25) is 0 Å². The molecule has 1 aromatic heterocycles. The Bertz CT molecular complexity index is 658. The average Bonchev–Trinajstić information content (AvgIpc) is 2.78. The van der Waals surface area contributed by atoms with Gasteiger partial charge in [0.15, 0.2) is 5.82 Å². The van der Waals surface area contributed by atoms with Gasteiger partial charge in [-0.15, -0.1) is 11.3 Å². The monoisotopic (exact) mass is 298 g/mol. The number of anilines is 1. The first-order valence-electron chi connectivity index (χ1n) is 5.84. The van der Waals surface area contributed by atoms with Crippen LogP contribution in [0.4, 0.5) is 20.2 Å². The third-order valence-corrected chi connectivity index (χ3v) is 4.09. The summed E-state index contributed by atoms with van der Waals surface area (Å²) in [6, 6.07) is 2.93. The number of thiophene rings is 1. The van der Waals surface area contributed by atoms with E-state index in [-0.39, 0.29) is 11.7 Å². The first-order valence-corrected chi connectivity index (χ1v) is 6.72. The Balaban J connectivity index is 2.38. The molecule has 2 aromatic rings. The van der Waals surface area contributed by atoms with Crippen molar-refractivity contribution in [2.45, 2.75) is 19.9 Å². The molecule has 1 aromatic carbocycles. The van der Waals surface area contributed by atoms with Crippen molar-refractivity contribution in [2.75, 3.05) is 5.32 Å². The standard InChI is InChI=1S/C13H12F2N2O2S/c1-7-3-4-20-13(7)8(2)16-12-10(15)5-9(14)6-11(12)17(18)19/h3-6,8,16H,1-2H3. The van der Waals surface area contributed by atoms with Gasteiger partial charge in [-0.3, -0.25) is 10.1 Å². The maximum absolute atomic E-state index is 13.8. The number of nitro groups is 1. The van der Waals surface area contributed by atoms with Gasteiger partial charge in [-0.2, -0.15) is 0 Å². The molecule has 4 nitrogen and oxygen atoms in total. The molecule has 0 spiro atoms. The summed E-state index contributed by atoms with van der Waals surface area (Å²) < 4.78 is 26.8. The molecule has 20 heavy (non-hydrogen) atoms. The third kappa shape index (κ3) is 2.77. The largest absolute Gasteiger partial charge is 0.370 e. The minimum atomic E-state index is -0.974. The fraction of sp³-hybridized carbons (Fsp3) is 0.231. The Morgan fingerprint density at radius 1 is 1.40 bits per heavy atom. The van der Waals surface area contributed by atoms with Crippen molar-refractivity contribution in [1.82, 2.24) is 0 Å². The van der Waals surface area contributed by atoms with Crippen LogP contribution in [0.5, 0.6) is 0 Å². The van der Waals surface area contributed by atoms with Crippen LogP contribution in [0, 0.1) is 28.7 Å². The van der Waals surface area contributed by atoms with Gasteiger partial charge in [-0.1, -0.05) is 0 Å². The number of hydrogen-bond acceptors (Lipinski definition) is 4. The minimum Gasteiger partial charge on any atom is -0.370 e. The van der Waals surface area contributed by atoms with E-state index in [1.54, 1.807) is 6.92 Å². The molecule has 1 heterocycles. The van der Waals surface area contributed by atoms with E-state index in [0.717, 1.165) is 10.4 Å². The zero-order chi connectivity index (χ0) is 14.9. The van der Waals surface area contributed by atoms with E-state index in [4.69, 9.17) is 0 Å². The summed E-state index contributed by atoms with van der Waals surface area (Å²) in [5.74, 6) is -1.95. The quantitative estimate of drug-likeness (QED) is 0.671. The van der Waals surface area contributed by atoms with Crippen LogP contribution in [-0.2, 0) is 0 Å². The van der Waals surface area contributed by atoms with E-state index in [9.17, 15) is 18.9 Å². The molecule has 1 unspecified atom stereocenters. The molecule has 7 heteroatoms. The van der Waals surface area contributed by atoms with Crippen molar-refractivity contribution in [3.05, 3.63) is 55.8 Å². The zero-order valence-electron chi connectivity index (χ0n) is 10.8. The predicted molar refractivity (Wildman–Crippen MR) is 74.1 cm³/mol. The number of nitrogens with one attached hydrogen (secondary N) is 1. The Labute approximate surface area is 118 Å². The molecular weight excluding hydrogens is 286 g/mol. The number of hydrogen-bond donors (Lipinski definition) is 1. The first kappa shape index (κ1) is 14.4. The Morgan fingerprint density at radius 2 is 2.10 bits per heavy atom. The van der Waals surface area contributed by atoms with Crippen molar-refractivity contribution in [3.63, 3.8) is 0 Å². The van der Waals surface area contributed by atoms with E-state index < -0.39 is 22.2 Å². The lowest BCUT2D eigenvalue weighted by atomic mass is 10.1. The molecule has 0 saturated heterocycles. The number of aryl methyl sites for hydroxylation is 1. The molecule has 0 radical (unpaired) electrons. The smallest absolute Gasteiger partial charge is 0.298 e. The van der Waals surface area contributed by atoms with Crippen LogP contribution < -0.4 is 5.32 Å². The molecule has 0 aliphatic rings. The second kappa shape index (κ2) is 5.54. The van der Waals surface area contributed by atoms with Gasteiger partial charge in [-0.05, 0) is 30.9 Å². The summed E-state index contributed by atoms with van der Waals surface area (Å²) in [6.45, 7) is 3.67. The molecule has 0 aliphatic heterocycles. The summed E-state index contributed by atoms with van der Waals surface area (Å²) in [6.07, 6.45) is 0. The van der Waals surface area contributed by atoms with Crippen LogP contribution in [0.15, 0.2) is 23.6 Å². The number of nitrogens with zero attached hydrogens (tertiary/aromatic N) is 1. The number of benzene rings is 1. The fourth-order valence-corrected chi connectivity index (χ4v) is 2.89. The fourth-order valence-electron chi connectivity index (χ4n) is 1.96. The van der Waals surface area contributed by atoms with Crippen molar-refractivity contribution in [3.8, 4) is 0 Å². The molecule has 106 valence electrons. The van der Waals surface area contributed by atoms with Crippen molar-refractivity contribution in [2.24, 2.45) is 0 Å². The van der Waals surface area contributed by atoms with Gasteiger partial charge in [0.25, 0.3) is 5.69 Å². The summed E-state index contributed by atoms with van der Waals surface area (Å²) in [5, 5.41) is 15.5. The van der Waals surface area contributed by atoms with Crippen molar-refractivity contribution in [1.29, 1.82) is 0 Å². The van der Waals surface area contributed by atoms with E-state index in [1.807, 2.05) is 18.4 Å². The molecular formula is C13H12F2N2O2S. The molecule has 0 fully saturated rings. The van der Waals surface area contributed by atoms with Gasteiger partial charge >= 0.3 is 0 Å². The highest BCUT2D eigenvalue weighted by Gasteiger charge is 2.23. The van der Waals surface area contributed by atoms with Crippen molar-refractivity contribution < 1.29 is 13.7 Å². The topological polar surface area (TPSA) is 55.2 Å². The maximum Gasteiger partial charge on any atom is 0.298 e. The lowest BCUT2D eigenvalue weighted by Crippen LogP contribution is -2.10. The second-order valence-electron chi connectivity index (χ2n) is 4.37. The summed E-state index contributed by atoms with van der Waals surface area (Å²) in [5.41, 5.74) is 0.112. The predicted octanol–water partition coefficient (Wildman–Crippen LogP) is 4.42.